The van der Waals surface area contributed by atoms with Gasteiger partial charge < -0.3 is 10.4 Å². The van der Waals surface area contributed by atoms with Crippen molar-refractivity contribution < 1.29 is 18.3 Å². The number of anilines is 1. The highest BCUT2D eigenvalue weighted by molar-refractivity contribution is 7.89. The number of halogens is 1. The molecule has 16 heavy (non-hydrogen) atoms. The third-order valence-electron chi connectivity index (χ3n) is 1.69. The van der Waals surface area contributed by atoms with Gasteiger partial charge in [-0.05, 0) is 18.2 Å². The number of carbonyl (C=O) groups is 1. The molecule has 0 spiro atoms. The number of carbonyl (C=O) groups excluding carboxylic acids is 1. The molecule has 88 valence electrons. The number of aromatic hydroxyl groups is 1. The number of sulfonamides is 1. The molecular formula is C8H9ClN2O4S. The number of hydrogen-bond donors (Lipinski definition) is 3. The van der Waals surface area contributed by atoms with Crippen molar-refractivity contribution in [1.82, 2.24) is 0 Å². The summed E-state index contributed by atoms with van der Waals surface area (Å²) in [5, 5.41) is 16.5. The molecule has 0 unspecified atom stereocenters. The fourth-order valence-corrected chi connectivity index (χ4v) is 1.58. The number of phenolic OH excluding ortho intramolecular Hbond substituents is 1. The van der Waals surface area contributed by atoms with Crippen LogP contribution in [0.25, 0.3) is 0 Å². The van der Waals surface area contributed by atoms with Gasteiger partial charge in [0.1, 0.15) is 11.6 Å². The minimum absolute atomic E-state index is 0.0582. The Bertz CT molecular complexity index is 515. The van der Waals surface area contributed by atoms with E-state index in [4.69, 9.17) is 16.7 Å². The van der Waals surface area contributed by atoms with Gasteiger partial charge in [-0.25, -0.2) is 13.6 Å². The highest BCUT2D eigenvalue weighted by Gasteiger charge is 2.12. The molecule has 0 bridgehead atoms. The molecule has 0 atom stereocenters. The molecule has 0 aliphatic carbocycles. The Morgan fingerprint density at radius 2 is 2.12 bits per heavy atom. The second kappa shape index (κ2) is 4.69. The fourth-order valence-electron chi connectivity index (χ4n) is 0.976. The van der Waals surface area contributed by atoms with Crippen LogP contribution in [0.4, 0.5) is 5.69 Å². The summed E-state index contributed by atoms with van der Waals surface area (Å²) in [5.74, 6) is -1.15. The van der Waals surface area contributed by atoms with Crippen molar-refractivity contribution in [3.8, 4) is 5.75 Å². The summed E-state index contributed by atoms with van der Waals surface area (Å²) in [6, 6.07) is 3.29. The van der Waals surface area contributed by atoms with Crippen molar-refractivity contribution in [2.24, 2.45) is 5.14 Å². The topological polar surface area (TPSA) is 109 Å². The Morgan fingerprint density at radius 3 is 2.62 bits per heavy atom. The van der Waals surface area contributed by atoms with Crippen molar-refractivity contribution in [2.45, 2.75) is 4.90 Å². The van der Waals surface area contributed by atoms with E-state index >= 15 is 0 Å². The number of amides is 1. The number of primary sulfonamides is 1. The van der Waals surface area contributed by atoms with E-state index in [9.17, 15) is 18.3 Å². The molecule has 0 fully saturated rings. The maximum absolute atomic E-state index is 11.0. The predicted molar refractivity (Wildman–Crippen MR) is 58.8 cm³/mol. The summed E-state index contributed by atoms with van der Waals surface area (Å²) in [6.45, 7) is 0. The zero-order chi connectivity index (χ0) is 12.3. The van der Waals surface area contributed by atoms with Crippen LogP contribution < -0.4 is 10.5 Å². The second-order valence-corrected chi connectivity index (χ2v) is 4.73. The molecule has 1 aromatic carbocycles. The molecule has 0 aromatic heterocycles. The largest absolute Gasteiger partial charge is 0.506 e. The predicted octanol–water partition coefficient (Wildman–Crippen LogP) is 0.217. The van der Waals surface area contributed by atoms with Gasteiger partial charge in [-0.3, -0.25) is 4.79 Å². The normalized spacial score (nSPS) is 11.1. The van der Waals surface area contributed by atoms with Gasteiger partial charge in [0, 0.05) is 0 Å². The van der Waals surface area contributed by atoms with Gasteiger partial charge in [-0.1, -0.05) is 0 Å². The first-order valence-electron chi connectivity index (χ1n) is 4.06. The lowest BCUT2D eigenvalue weighted by atomic mass is 10.3. The Morgan fingerprint density at radius 1 is 1.50 bits per heavy atom. The maximum atomic E-state index is 11.0. The van der Waals surface area contributed by atoms with E-state index in [2.05, 4.69) is 5.32 Å². The van der Waals surface area contributed by atoms with Crippen LogP contribution in [0.5, 0.6) is 5.75 Å². The average molecular weight is 265 g/mol. The van der Waals surface area contributed by atoms with E-state index in [0.717, 1.165) is 18.2 Å². The molecule has 0 radical (unpaired) electrons. The van der Waals surface area contributed by atoms with Gasteiger partial charge in [0.15, 0.2) is 0 Å². The van der Waals surface area contributed by atoms with E-state index in [1.807, 2.05) is 0 Å². The molecule has 0 aliphatic heterocycles. The molecule has 0 aliphatic rings. The van der Waals surface area contributed by atoms with Crippen LogP contribution >= 0.6 is 11.6 Å². The smallest absolute Gasteiger partial charge is 0.239 e. The summed E-state index contributed by atoms with van der Waals surface area (Å²) in [6.07, 6.45) is 0. The molecule has 8 heteroatoms. The lowest BCUT2D eigenvalue weighted by Gasteiger charge is -2.07. The van der Waals surface area contributed by atoms with Crippen molar-refractivity contribution in [1.29, 1.82) is 0 Å². The van der Waals surface area contributed by atoms with Crippen LogP contribution in [0, 0.1) is 0 Å². The van der Waals surface area contributed by atoms with Crippen molar-refractivity contribution in [3.05, 3.63) is 18.2 Å². The molecule has 0 saturated heterocycles. The lowest BCUT2D eigenvalue weighted by molar-refractivity contribution is -0.113. The van der Waals surface area contributed by atoms with Crippen molar-refractivity contribution >= 4 is 33.2 Å². The fraction of sp³-hybridized carbons (Fsp3) is 0.125. The summed E-state index contributed by atoms with van der Waals surface area (Å²) in [5.41, 5.74) is -0.0582. The Labute approximate surface area is 97.1 Å². The minimum atomic E-state index is -3.88. The SMILES string of the molecule is NS(=O)(=O)c1ccc(O)c(NC(=O)CCl)c1. The van der Waals surface area contributed by atoms with Crippen LogP contribution in [0.2, 0.25) is 0 Å². The molecule has 0 heterocycles. The lowest BCUT2D eigenvalue weighted by Crippen LogP contribution is -2.15. The molecule has 0 saturated carbocycles. The standard InChI is InChI=1S/C8H9ClN2O4S/c9-4-8(13)11-6-3-5(16(10,14)15)1-2-7(6)12/h1-3,12H,4H2,(H,11,13)(H2,10,14,15). The van der Waals surface area contributed by atoms with E-state index in [-0.39, 0.29) is 22.2 Å². The number of hydrogen-bond acceptors (Lipinski definition) is 4. The average Bonchev–Trinajstić information content (AvgIpc) is 2.19. The highest BCUT2D eigenvalue weighted by Crippen LogP contribution is 2.25. The number of benzene rings is 1. The Balaban J connectivity index is 3.14. The van der Waals surface area contributed by atoms with Crippen LogP contribution in [0.3, 0.4) is 0 Å². The zero-order valence-electron chi connectivity index (χ0n) is 7.97. The molecule has 1 rings (SSSR count). The van der Waals surface area contributed by atoms with Crippen molar-refractivity contribution in [3.63, 3.8) is 0 Å². The summed E-state index contributed by atoms with van der Waals surface area (Å²) in [4.78, 5) is 10.7. The van der Waals surface area contributed by atoms with E-state index in [1.54, 1.807) is 0 Å². The monoisotopic (exact) mass is 264 g/mol. The molecule has 1 aromatic rings. The number of alkyl halides is 1. The zero-order valence-corrected chi connectivity index (χ0v) is 9.55. The first-order valence-corrected chi connectivity index (χ1v) is 6.14. The third kappa shape index (κ3) is 3.09. The summed E-state index contributed by atoms with van der Waals surface area (Å²) < 4.78 is 22.0. The van der Waals surface area contributed by atoms with E-state index < -0.39 is 15.9 Å². The first kappa shape index (κ1) is 12.8. The van der Waals surface area contributed by atoms with Gasteiger partial charge in [0.05, 0.1) is 10.6 Å². The van der Waals surface area contributed by atoms with Crippen molar-refractivity contribution in [2.75, 3.05) is 11.2 Å². The van der Waals surface area contributed by atoms with Gasteiger partial charge >= 0.3 is 0 Å². The van der Waals surface area contributed by atoms with Crippen LogP contribution in [0.1, 0.15) is 0 Å². The summed E-state index contributed by atoms with van der Waals surface area (Å²) >= 11 is 5.25. The second-order valence-electron chi connectivity index (χ2n) is 2.91. The number of phenols is 1. The summed E-state index contributed by atoms with van der Waals surface area (Å²) in [7, 11) is -3.88. The van der Waals surface area contributed by atoms with E-state index in [1.165, 1.54) is 0 Å². The maximum Gasteiger partial charge on any atom is 0.239 e. The van der Waals surface area contributed by atoms with Gasteiger partial charge in [0.2, 0.25) is 15.9 Å². The first-order chi connectivity index (χ1) is 7.34. The Hall–Kier alpha value is -1.31. The third-order valence-corrected chi connectivity index (χ3v) is 2.85. The van der Waals surface area contributed by atoms with Crippen LogP contribution in [-0.2, 0) is 14.8 Å². The van der Waals surface area contributed by atoms with Gasteiger partial charge in [-0.15, -0.1) is 11.6 Å². The quantitative estimate of drug-likeness (QED) is 0.536. The molecule has 6 nitrogen and oxygen atoms in total. The van der Waals surface area contributed by atoms with Gasteiger partial charge in [-0.2, -0.15) is 0 Å². The highest BCUT2D eigenvalue weighted by atomic mass is 35.5. The van der Waals surface area contributed by atoms with Crippen LogP contribution in [-0.4, -0.2) is 25.3 Å². The van der Waals surface area contributed by atoms with E-state index in [0.29, 0.717) is 0 Å². The van der Waals surface area contributed by atoms with Gasteiger partial charge in [0.25, 0.3) is 0 Å². The molecular weight excluding hydrogens is 256 g/mol. The number of nitrogens with two attached hydrogens (primary N) is 1. The Kier molecular flexibility index (Phi) is 3.74. The molecule has 4 N–H and O–H groups in total. The number of nitrogens with one attached hydrogen (secondary N) is 1. The molecule has 1 amide bonds. The minimum Gasteiger partial charge on any atom is -0.506 e. The van der Waals surface area contributed by atoms with Crippen LogP contribution in [0.15, 0.2) is 23.1 Å². The number of rotatable bonds is 3.